The van der Waals surface area contributed by atoms with E-state index in [2.05, 4.69) is 5.32 Å². The number of carbonyl (C=O) groups is 1. The normalized spacial score (nSPS) is 27.7. The van der Waals surface area contributed by atoms with Crippen molar-refractivity contribution in [3.63, 3.8) is 0 Å². The van der Waals surface area contributed by atoms with Crippen LogP contribution >= 0.6 is 0 Å². The van der Waals surface area contributed by atoms with Gasteiger partial charge < -0.3 is 25.0 Å². The van der Waals surface area contributed by atoms with Gasteiger partial charge in [0.15, 0.2) is 11.9 Å². The summed E-state index contributed by atoms with van der Waals surface area (Å²) in [7, 11) is 0. The third-order valence-electron chi connectivity index (χ3n) is 5.72. The number of carboxylic acids is 1. The van der Waals surface area contributed by atoms with Crippen molar-refractivity contribution in [1.82, 2.24) is 5.32 Å². The van der Waals surface area contributed by atoms with Gasteiger partial charge in [-0.15, -0.1) is 0 Å². The third-order valence-corrected chi connectivity index (χ3v) is 5.72. The molecule has 2 atom stereocenters. The van der Waals surface area contributed by atoms with Crippen LogP contribution in [0.1, 0.15) is 78.1 Å². The minimum absolute atomic E-state index is 0.267. The molecule has 0 aromatic carbocycles. The van der Waals surface area contributed by atoms with Gasteiger partial charge in [0.25, 0.3) is 0 Å². The van der Waals surface area contributed by atoms with E-state index in [0.717, 1.165) is 12.1 Å². The number of hydrogen-bond donors (Lipinski definition) is 3. The molecular formula is C20H35F2NO5. The van der Waals surface area contributed by atoms with Crippen molar-refractivity contribution < 1.29 is 33.3 Å². The van der Waals surface area contributed by atoms with Gasteiger partial charge in [-0.1, -0.05) is 38.5 Å². The molecule has 3 N–H and O–H groups in total. The standard InChI is InChI=1S/C12H23N.C8H12F2O5/c1-3-7-11(8-4-1)13-12-9-5-2-6-10-12;1-7(2)14-3-4(15-7)5(11)8(9,10)6(12)13/h11-13H,1-10H2;4-5,11H,3H2,1-2H3,(H,12,13)/t;4?,5-/m.1/s1. The van der Waals surface area contributed by atoms with Gasteiger partial charge in [0.2, 0.25) is 0 Å². The molecule has 28 heavy (non-hydrogen) atoms. The Morgan fingerprint density at radius 3 is 1.86 bits per heavy atom. The maximum Gasteiger partial charge on any atom is 0.377 e. The van der Waals surface area contributed by atoms with E-state index in [-0.39, 0.29) is 6.61 Å². The Hall–Kier alpha value is -0.830. The molecule has 0 radical (unpaired) electrons. The van der Waals surface area contributed by atoms with Crippen LogP contribution in [0.5, 0.6) is 0 Å². The van der Waals surface area contributed by atoms with Crippen LogP contribution in [-0.4, -0.2) is 58.8 Å². The van der Waals surface area contributed by atoms with Gasteiger partial charge >= 0.3 is 11.9 Å². The molecule has 1 heterocycles. The SMILES string of the molecule is C1CCC(NC2CCCCC2)CC1.CC1(C)OCC([C@@H](O)C(F)(F)C(=O)O)O1. The first-order valence-corrected chi connectivity index (χ1v) is 10.5. The fourth-order valence-corrected chi connectivity index (χ4v) is 4.10. The van der Waals surface area contributed by atoms with Gasteiger partial charge in [-0.2, -0.15) is 8.78 Å². The molecule has 0 spiro atoms. The summed E-state index contributed by atoms with van der Waals surface area (Å²) in [5.74, 6) is -7.71. The maximum atomic E-state index is 12.9. The number of aliphatic hydroxyl groups is 1. The van der Waals surface area contributed by atoms with Crippen molar-refractivity contribution >= 4 is 5.97 Å². The van der Waals surface area contributed by atoms with Crippen molar-refractivity contribution in [1.29, 1.82) is 0 Å². The summed E-state index contributed by atoms with van der Waals surface area (Å²) in [5.41, 5.74) is 0. The Morgan fingerprint density at radius 2 is 1.50 bits per heavy atom. The molecule has 1 aliphatic heterocycles. The number of carboxylic acid groups (broad SMARTS) is 1. The predicted octanol–water partition coefficient (Wildman–Crippen LogP) is 3.46. The lowest BCUT2D eigenvalue weighted by atomic mass is 9.91. The predicted molar refractivity (Wildman–Crippen MR) is 100 cm³/mol. The van der Waals surface area contributed by atoms with Crippen molar-refractivity contribution in [3.8, 4) is 0 Å². The van der Waals surface area contributed by atoms with Gasteiger partial charge in [-0.05, 0) is 39.5 Å². The fourth-order valence-electron chi connectivity index (χ4n) is 4.10. The summed E-state index contributed by atoms with van der Waals surface area (Å²) >= 11 is 0. The highest BCUT2D eigenvalue weighted by atomic mass is 19.3. The van der Waals surface area contributed by atoms with Crippen LogP contribution in [0.15, 0.2) is 0 Å². The van der Waals surface area contributed by atoms with Gasteiger partial charge in [0.1, 0.15) is 6.10 Å². The summed E-state index contributed by atoms with van der Waals surface area (Å²) in [6, 6.07) is 1.74. The van der Waals surface area contributed by atoms with E-state index in [1.807, 2.05) is 0 Å². The topological polar surface area (TPSA) is 88.0 Å². The lowest BCUT2D eigenvalue weighted by molar-refractivity contribution is -0.206. The molecule has 2 saturated carbocycles. The number of hydrogen-bond acceptors (Lipinski definition) is 5. The Labute approximate surface area is 166 Å². The summed E-state index contributed by atoms with van der Waals surface area (Å²) in [5, 5.41) is 21.2. The average Bonchev–Trinajstić information content (AvgIpc) is 3.03. The number of alkyl halides is 2. The molecule has 8 heteroatoms. The molecular weight excluding hydrogens is 372 g/mol. The second kappa shape index (κ2) is 10.3. The number of ether oxygens (including phenoxy) is 2. The zero-order valence-corrected chi connectivity index (χ0v) is 17.0. The first-order valence-electron chi connectivity index (χ1n) is 10.5. The summed E-state index contributed by atoms with van der Waals surface area (Å²) in [6.07, 6.45) is 10.8. The zero-order chi connectivity index (χ0) is 20.8. The second-order valence-electron chi connectivity index (χ2n) is 8.58. The highest BCUT2D eigenvalue weighted by Crippen LogP contribution is 2.30. The number of aliphatic carboxylic acids is 1. The molecule has 3 fully saturated rings. The monoisotopic (exact) mass is 407 g/mol. The molecule has 164 valence electrons. The molecule has 0 aromatic heterocycles. The lowest BCUT2D eigenvalue weighted by Crippen LogP contribution is -2.49. The highest BCUT2D eigenvalue weighted by molar-refractivity contribution is 5.76. The molecule has 0 amide bonds. The molecule has 2 aliphatic carbocycles. The molecule has 0 aromatic rings. The van der Waals surface area contributed by atoms with Crippen molar-refractivity contribution in [2.75, 3.05) is 6.61 Å². The summed E-state index contributed by atoms with van der Waals surface area (Å²) < 4.78 is 35.6. The minimum Gasteiger partial charge on any atom is -0.477 e. The van der Waals surface area contributed by atoms with E-state index in [1.165, 1.54) is 78.1 Å². The number of halogens is 2. The fraction of sp³-hybridized carbons (Fsp3) is 0.950. The number of aliphatic hydroxyl groups excluding tert-OH is 1. The van der Waals surface area contributed by atoms with Gasteiger partial charge in [-0.3, -0.25) is 0 Å². The summed E-state index contributed by atoms with van der Waals surface area (Å²) in [6.45, 7) is 2.70. The number of rotatable bonds is 5. The Bertz CT molecular complexity index is 475. The van der Waals surface area contributed by atoms with E-state index in [9.17, 15) is 13.6 Å². The van der Waals surface area contributed by atoms with E-state index >= 15 is 0 Å². The van der Waals surface area contributed by atoms with Crippen LogP contribution in [0.25, 0.3) is 0 Å². The van der Waals surface area contributed by atoms with Crippen LogP contribution < -0.4 is 5.32 Å². The van der Waals surface area contributed by atoms with Crippen LogP contribution in [0.2, 0.25) is 0 Å². The van der Waals surface area contributed by atoms with Gasteiger partial charge in [-0.25, -0.2) is 4.79 Å². The van der Waals surface area contributed by atoms with Crippen LogP contribution in [-0.2, 0) is 14.3 Å². The molecule has 3 aliphatic rings. The average molecular weight is 407 g/mol. The van der Waals surface area contributed by atoms with Crippen molar-refractivity contribution in [3.05, 3.63) is 0 Å². The molecule has 1 unspecified atom stereocenters. The van der Waals surface area contributed by atoms with E-state index in [0.29, 0.717) is 0 Å². The number of nitrogens with one attached hydrogen (secondary N) is 1. The van der Waals surface area contributed by atoms with E-state index < -0.39 is 29.9 Å². The molecule has 6 nitrogen and oxygen atoms in total. The third kappa shape index (κ3) is 6.90. The van der Waals surface area contributed by atoms with Gasteiger partial charge in [0, 0.05) is 12.1 Å². The van der Waals surface area contributed by atoms with Crippen molar-refractivity contribution in [2.45, 2.75) is 114 Å². The van der Waals surface area contributed by atoms with Crippen LogP contribution in [0.4, 0.5) is 8.78 Å². The summed E-state index contributed by atoms with van der Waals surface area (Å²) in [4.78, 5) is 10.2. The maximum absolute atomic E-state index is 12.9. The Balaban J connectivity index is 0.000000202. The first-order chi connectivity index (χ1) is 13.1. The minimum atomic E-state index is -4.24. The Morgan fingerprint density at radius 1 is 1.04 bits per heavy atom. The van der Waals surface area contributed by atoms with E-state index in [1.54, 1.807) is 0 Å². The smallest absolute Gasteiger partial charge is 0.377 e. The van der Waals surface area contributed by atoms with E-state index in [4.69, 9.17) is 19.7 Å². The molecule has 1 saturated heterocycles. The molecule has 3 rings (SSSR count). The van der Waals surface area contributed by atoms with Crippen LogP contribution in [0.3, 0.4) is 0 Å². The first kappa shape index (κ1) is 23.4. The Kier molecular flexibility index (Phi) is 8.60. The highest BCUT2D eigenvalue weighted by Gasteiger charge is 2.54. The largest absolute Gasteiger partial charge is 0.477 e. The lowest BCUT2D eigenvalue weighted by Gasteiger charge is -2.30. The van der Waals surface area contributed by atoms with Crippen LogP contribution in [0, 0.1) is 0 Å². The molecule has 0 bridgehead atoms. The van der Waals surface area contributed by atoms with Gasteiger partial charge in [0.05, 0.1) is 6.61 Å². The van der Waals surface area contributed by atoms with Crippen molar-refractivity contribution in [2.24, 2.45) is 0 Å². The quantitative estimate of drug-likeness (QED) is 0.647. The zero-order valence-electron chi connectivity index (χ0n) is 17.0. The second-order valence-corrected chi connectivity index (χ2v) is 8.58.